The Hall–Kier alpha value is -2.37. The molecule has 0 aliphatic heterocycles. The largest absolute Gasteiger partial charge is 0.432 e. The van der Waals surface area contributed by atoms with Crippen LogP contribution in [0.3, 0.4) is 0 Å². The summed E-state index contributed by atoms with van der Waals surface area (Å²) in [6.07, 6.45) is -1.37. The van der Waals surface area contributed by atoms with Gasteiger partial charge < -0.3 is 5.32 Å². The number of halogens is 3. The zero-order chi connectivity index (χ0) is 18.3. The number of alkyl halides is 3. The lowest BCUT2D eigenvalue weighted by Gasteiger charge is -2.09. The quantitative estimate of drug-likeness (QED) is 0.572. The number of benzene rings is 1. The highest BCUT2D eigenvalue weighted by molar-refractivity contribution is 6.17. The van der Waals surface area contributed by atoms with E-state index in [2.05, 4.69) is 16.9 Å². The Kier molecular flexibility index (Phi) is 6.95. The van der Waals surface area contributed by atoms with Crippen LogP contribution in [0, 0.1) is 12.8 Å². The molecule has 1 amide bonds. The maximum Gasteiger partial charge on any atom is 0.432 e. The van der Waals surface area contributed by atoms with Crippen molar-refractivity contribution in [2.75, 3.05) is 5.32 Å². The van der Waals surface area contributed by atoms with E-state index in [-0.39, 0.29) is 11.5 Å². The second kappa shape index (κ2) is 8.47. The number of nitrogens with one attached hydrogen (secondary N) is 1. The van der Waals surface area contributed by atoms with Crippen molar-refractivity contribution in [3.63, 3.8) is 0 Å². The van der Waals surface area contributed by atoms with Crippen LogP contribution in [0.5, 0.6) is 0 Å². The monoisotopic (exact) mass is 338 g/mol. The molecular weight excluding hydrogens is 317 g/mol. The van der Waals surface area contributed by atoms with E-state index in [0.29, 0.717) is 5.69 Å². The van der Waals surface area contributed by atoms with Gasteiger partial charge in [-0.1, -0.05) is 50.6 Å². The van der Waals surface area contributed by atoms with E-state index in [1.165, 1.54) is 0 Å². The van der Waals surface area contributed by atoms with Crippen molar-refractivity contribution in [3.05, 3.63) is 53.8 Å². The van der Waals surface area contributed by atoms with Crippen molar-refractivity contribution in [3.8, 4) is 0 Å². The first kappa shape index (κ1) is 19.7. The van der Waals surface area contributed by atoms with Gasteiger partial charge in [0.2, 0.25) is 0 Å². The number of nitrogens with zero attached hydrogens (tertiary/aromatic N) is 1. The molecule has 3 nitrogen and oxygen atoms in total. The van der Waals surface area contributed by atoms with Crippen molar-refractivity contribution in [1.29, 1.82) is 0 Å². The van der Waals surface area contributed by atoms with E-state index in [1.54, 1.807) is 18.2 Å². The highest BCUT2D eigenvalue weighted by atomic mass is 19.4. The normalized spacial score (nSPS) is 13.8. The third-order valence-corrected chi connectivity index (χ3v) is 3.37. The summed E-state index contributed by atoms with van der Waals surface area (Å²) in [6.45, 7) is 8.57. The molecule has 0 saturated heterocycles. The van der Waals surface area contributed by atoms with Gasteiger partial charge in [-0.3, -0.25) is 9.79 Å². The summed E-state index contributed by atoms with van der Waals surface area (Å²) in [6, 6.07) is 7.10. The first-order valence-electron chi connectivity index (χ1n) is 7.53. The van der Waals surface area contributed by atoms with Crippen molar-refractivity contribution >= 4 is 17.8 Å². The molecule has 0 bridgehead atoms. The third-order valence-electron chi connectivity index (χ3n) is 3.37. The molecule has 0 radical (unpaired) electrons. The molecular formula is C18H21F3N2O. The zero-order valence-corrected chi connectivity index (χ0v) is 13.9. The second-order valence-electron chi connectivity index (χ2n) is 5.53. The molecule has 0 aliphatic carbocycles. The number of aliphatic imine (C=N–C) groups is 1. The summed E-state index contributed by atoms with van der Waals surface area (Å²) in [5.74, 6) is -0.493. The Bertz CT molecular complexity index is 643. The number of anilines is 1. The van der Waals surface area contributed by atoms with Crippen LogP contribution in [0.25, 0.3) is 0 Å². The molecule has 0 heterocycles. The second-order valence-corrected chi connectivity index (χ2v) is 5.53. The van der Waals surface area contributed by atoms with Crippen molar-refractivity contribution in [1.82, 2.24) is 0 Å². The van der Waals surface area contributed by atoms with Gasteiger partial charge in [0.05, 0.1) is 5.57 Å². The van der Waals surface area contributed by atoms with Crippen LogP contribution in [0.15, 0.2) is 53.2 Å². The lowest BCUT2D eigenvalue weighted by atomic mass is 10.0. The lowest BCUT2D eigenvalue weighted by molar-refractivity contribution is -0.112. The molecule has 0 spiro atoms. The van der Waals surface area contributed by atoms with Gasteiger partial charge in [-0.15, -0.1) is 0 Å². The SMILES string of the molecule is C=C(/N=C\C(=C/C(C)CC)C(=O)Nc1ccc(C)cc1)C(F)(F)F. The smallest absolute Gasteiger partial charge is 0.322 e. The molecule has 130 valence electrons. The third kappa shape index (κ3) is 6.40. The Labute approximate surface area is 140 Å². The van der Waals surface area contributed by atoms with E-state index in [1.807, 2.05) is 32.9 Å². The van der Waals surface area contributed by atoms with Crippen molar-refractivity contribution in [2.24, 2.45) is 10.9 Å². The fourth-order valence-electron chi connectivity index (χ4n) is 1.66. The van der Waals surface area contributed by atoms with E-state index < -0.39 is 17.8 Å². The van der Waals surface area contributed by atoms with Gasteiger partial charge in [0, 0.05) is 11.9 Å². The first-order valence-corrected chi connectivity index (χ1v) is 7.53. The van der Waals surface area contributed by atoms with Crippen LogP contribution >= 0.6 is 0 Å². The Morgan fingerprint density at radius 2 is 1.92 bits per heavy atom. The number of carbonyl (C=O) groups is 1. The summed E-state index contributed by atoms with van der Waals surface area (Å²) in [4.78, 5) is 15.6. The van der Waals surface area contributed by atoms with Gasteiger partial charge in [0.1, 0.15) is 5.70 Å². The van der Waals surface area contributed by atoms with Crippen LogP contribution in [-0.4, -0.2) is 18.3 Å². The molecule has 1 unspecified atom stereocenters. The minimum absolute atomic E-state index is 0.0226. The zero-order valence-electron chi connectivity index (χ0n) is 13.9. The number of allylic oxidation sites excluding steroid dienone is 2. The number of hydrogen-bond acceptors (Lipinski definition) is 2. The van der Waals surface area contributed by atoms with Gasteiger partial charge in [0.15, 0.2) is 0 Å². The summed E-state index contributed by atoms with van der Waals surface area (Å²) in [5, 5.41) is 2.65. The van der Waals surface area contributed by atoms with E-state index in [9.17, 15) is 18.0 Å². The first-order chi connectivity index (χ1) is 11.1. The molecule has 1 rings (SSSR count). The minimum Gasteiger partial charge on any atom is -0.322 e. The summed E-state index contributed by atoms with van der Waals surface area (Å²) < 4.78 is 37.4. The van der Waals surface area contributed by atoms with Crippen molar-refractivity contribution < 1.29 is 18.0 Å². The molecule has 0 aliphatic rings. The van der Waals surface area contributed by atoms with E-state index in [4.69, 9.17) is 0 Å². The number of hydrogen-bond donors (Lipinski definition) is 1. The molecule has 1 N–H and O–H groups in total. The maximum absolute atomic E-state index is 12.5. The molecule has 1 atom stereocenters. The Balaban J connectivity index is 2.99. The van der Waals surface area contributed by atoms with Crippen LogP contribution in [0.2, 0.25) is 0 Å². The molecule has 1 aromatic carbocycles. The van der Waals surface area contributed by atoms with Crippen molar-refractivity contribution in [2.45, 2.75) is 33.4 Å². The van der Waals surface area contributed by atoms with Crippen LogP contribution < -0.4 is 5.32 Å². The van der Waals surface area contributed by atoms with Crippen LogP contribution in [0.4, 0.5) is 18.9 Å². The fraction of sp³-hybridized carbons (Fsp3) is 0.333. The molecule has 24 heavy (non-hydrogen) atoms. The summed E-state index contributed by atoms with van der Waals surface area (Å²) in [7, 11) is 0. The fourth-order valence-corrected chi connectivity index (χ4v) is 1.66. The highest BCUT2D eigenvalue weighted by Gasteiger charge is 2.31. The van der Waals surface area contributed by atoms with Crippen LogP contribution in [0.1, 0.15) is 25.8 Å². The number of aryl methyl sites for hydroxylation is 1. The Morgan fingerprint density at radius 1 is 1.33 bits per heavy atom. The average molecular weight is 338 g/mol. The molecule has 0 aromatic heterocycles. The average Bonchev–Trinajstić information content (AvgIpc) is 2.51. The van der Waals surface area contributed by atoms with Gasteiger partial charge in [0.25, 0.3) is 5.91 Å². The number of amides is 1. The Morgan fingerprint density at radius 3 is 2.42 bits per heavy atom. The standard InChI is InChI=1S/C18H21F3N2O/c1-5-12(2)10-15(11-22-14(4)18(19,20)21)17(24)23-16-8-6-13(3)7-9-16/h6-12H,4-5H2,1-3H3,(H,23,24)/b15-10+,22-11-. The lowest BCUT2D eigenvalue weighted by Crippen LogP contribution is -2.17. The van der Waals surface area contributed by atoms with Crippen LogP contribution in [-0.2, 0) is 4.79 Å². The van der Waals surface area contributed by atoms with E-state index >= 15 is 0 Å². The van der Waals surface area contributed by atoms with Gasteiger partial charge in [-0.05, 0) is 25.0 Å². The number of rotatable bonds is 6. The van der Waals surface area contributed by atoms with Gasteiger partial charge in [-0.25, -0.2) is 0 Å². The van der Waals surface area contributed by atoms with Gasteiger partial charge in [-0.2, -0.15) is 13.2 Å². The predicted molar refractivity (Wildman–Crippen MR) is 91.0 cm³/mol. The highest BCUT2D eigenvalue weighted by Crippen LogP contribution is 2.24. The molecule has 6 heteroatoms. The summed E-state index contributed by atoms with van der Waals surface area (Å²) >= 11 is 0. The number of carbonyl (C=O) groups excluding carboxylic acids is 1. The minimum atomic E-state index is -4.62. The topological polar surface area (TPSA) is 41.5 Å². The summed E-state index contributed by atoms with van der Waals surface area (Å²) in [5.41, 5.74) is 0.408. The maximum atomic E-state index is 12.5. The molecule has 0 saturated carbocycles. The molecule has 1 aromatic rings. The van der Waals surface area contributed by atoms with Gasteiger partial charge >= 0.3 is 6.18 Å². The van der Waals surface area contributed by atoms with E-state index in [0.717, 1.165) is 18.2 Å². The molecule has 0 fully saturated rings. The predicted octanol–water partition coefficient (Wildman–Crippen LogP) is 5.05.